The third kappa shape index (κ3) is 2.11. The third-order valence-electron chi connectivity index (χ3n) is 2.22. The highest BCUT2D eigenvalue weighted by Gasteiger charge is 2.19. The summed E-state index contributed by atoms with van der Waals surface area (Å²) in [6.45, 7) is 4.14. The Bertz CT molecular complexity index is 321. The average Bonchev–Trinajstić information content (AvgIpc) is 2.81. The van der Waals surface area contributed by atoms with Crippen molar-refractivity contribution in [3.8, 4) is 0 Å². The van der Waals surface area contributed by atoms with Crippen LogP contribution in [-0.4, -0.2) is 17.2 Å². The molecule has 0 atom stereocenters. The van der Waals surface area contributed by atoms with Gasteiger partial charge in [-0.2, -0.15) is 5.10 Å². The van der Waals surface area contributed by atoms with Crippen molar-refractivity contribution in [3.05, 3.63) is 23.0 Å². The number of rotatable bonds is 3. The molecule has 13 heavy (non-hydrogen) atoms. The van der Waals surface area contributed by atoms with Gasteiger partial charge in [-0.25, -0.2) is 0 Å². The quantitative estimate of drug-likeness (QED) is 0.535. The number of hydrogen-bond donors (Lipinski definition) is 2. The summed E-state index contributed by atoms with van der Waals surface area (Å²) in [4.78, 5) is 3.25. The second-order valence-corrected chi connectivity index (χ2v) is 3.71. The van der Waals surface area contributed by atoms with Gasteiger partial charge in [0, 0.05) is 11.7 Å². The van der Waals surface area contributed by atoms with E-state index in [2.05, 4.69) is 35.4 Å². The van der Waals surface area contributed by atoms with Crippen LogP contribution in [0.5, 0.6) is 0 Å². The molecule has 2 N–H and O–H groups in total. The van der Waals surface area contributed by atoms with E-state index < -0.39 is 0 Å². The minimum absolute atomic E-state index is 0.632. The summed E-state index contributed by atoms with van der Waals surface area (Å²) in [7, 11) is 0. The molecule has 70 valence electrons. The molecule has 3 nitrogen and oxygen atoms in total. The van der Waals surface area contributed by atoms with E-state index in [0.717, 1.165) is 5.69 Å². The first-order chi connectivity index (χ1) is 6.25. The molecule has 1 aliphatic rings. The van der Waals surface area contributed by atoms with Crippen LogP contribution in [0.25, 0.3) is 0 Å². The van der Waals surface area contributed by atoms with Crippen LogP contribution in [0.1, 0.15) is 29.8 Å². The number of aromatic nitrogens is 1. The van der Waals surface area contributed by atoms with Gasteiger partial charge in [-0.3, -0.25) is 0 Å². The Labute approximate surface area is 78.2 Å². The van der Waals surface area contributed by atoms with Crippen molar-refractivity contribution in [2.75, 3.05) is 0 Å². The van der Waals surface area contributed by atoms with Gasteiger partial charge in [0.2, 0.25) is 0 Å². The van der Waals surface area contributed by atoms with E-state index in [0.29, 0.717) is 6.04 Å². The number of aryl methyl sites for hydroxylation is 2. The molecule has 0 spiro atoms. The molecule has 1 aliphatic carbocycles. The SMILES string of the molecule is Cc1cc(C)c(/C=N/NC2CC2)[nH]1. The summed E-state index contributed by atoms with van der Waals surface area (Å²) in [5.74, 6) is 0. The van der Waals surface area contributed by atoms with Crippen LogP contribution in [0.3, 0.4) is 0 Å². The van der Waals surface area contributed by atoms with Crippen molar-refractivity contribution in [3.63, 3.8) is 0 Å². The molecular weight excluding hydrogens is 162 g/mol. The highest BCUT2D eigenvalue weighted by molar-refractivity contribution is 5.79. The fourth-order valence-corrected chi connectivity index (χ4v) is 1.30. The Kier molecular flexibility index (Phi) is 2.08. The van der Waals surface area contributed by atoms with Gasteiger partial charge >= 0.3 is 0 Å². The lowest BCUT2D eigenvalue weighted by atomic mass is 10.3. The van der Waals surface area contributed by atoms with Crippen molar-refractivity contribution in [2.24, 2.45) is 5.10 Å². The predicted octanol–water partition coefficient (Wildman–Crippen LogP) is 1.72. The Morgan fingerprint density at radius 3 is 2.85 bits per heavy atom. The molecule has 0 radical (unpaired) electrons. The maximum atomic E-state index is 4.17. The standard InChI is InChI=1S/C10H15N3/c1-7-5-8(2)12-10(7)6-11-13-9-3-4-9/h5-6,9,12-13H,3-4H2,1-2H3/b11-6+. The third-order valence-corrected chi connectivity index (χ3v) is 2.22. The monoisotopic (exact) mass is 177 g/mol. The number of aromatic amines is 1. The van der Waals surface area contributed by atoms with Gasteiger partial charge < -0.3 is 10.4 Å². The first-order valence-corrected chi connectivity index (χ1v) is 4.70. The van der Waals surface area contributed by atoms with E-state index in [9.17, 15) is 0 Å². The van der Waals surface area contributed by atoms with Crippen molar-refractivity contribution < 1.29 is 0 Å². The molecule has 3 heteroatoms. The summed E-state index contributed by atoms with van der Waals surface area (Å²) >= 11 is 0. The molecule has 1 heterocycles. The maximum Gasteiger partial charge on any atom is 0.0705 e. The minimum atomic E-state index is 0.632. The van der Waals surface area contributed by atoms with Gasteiger partial charge in [0.25, 0.3) is 0 Å². The van der Waals surface area contributed by atoms with Crippen molar-refractivity contribution in [2.45, 2.75) is 32.7 Å². The highest BCUT2D eigenvalue weighted by Crippen LogP contribution is 2.18. The average molecular weight is 177 g/mol. The molecule has 1 fully saturated rings. The lowest BCUT2D eigenvalue weighted by Crippen LogP contribution is -2.07. The second-order valence-electron chi connectivity index (χ2n) is 3.71. The Morgan fingerprint density at radius 1 is 1.54 bits per heavy atom. The van der Waals surface area contributed by atoms with Crippen molar-refractivity contribution in [1.29, 1.82) is 0 Å². The summed E-state index contributed by atoms with van der Waals surface area (Å²) < 4.78 is 0. The first kappa shape index (κ1) is 8.35. The fraction of sp³-hybridized carbons (Fsp3) is 0.500. The van der Waals surface area contributed by atoms with Crippen LogP contribution in [0.2, 0.25) is 0 Å². The van der Waals surface area contributed by atoms with Gasteiger partial charge in [-0.05, 0) is 38.3 Å². The minimum Gasteiger partial charge on any atom is -0.358 e. The molecule has 0 aliphatic heterocycles. The fourth-order valence-electron chi connectivity index (χ4n) is 1.30. The lowest BCUT2D eigenvalue weighted by Gasteiger charge is -1.93. The Morgan fingerprint density at radius 2 is 2.31 bits per heavy atom. The van der Waals surface area contributed by atoms with Gasteiger partial charge in [0.05, 0.1) is 11.9 Å². The Balaban J connectivity index is 1.98. The van der Waals surface area contributed by atoms with E-state index in [1.165, 1.54) is 24.1 Å². The van der Waals surface area contributed by atoms with Crippen LogP contribution in [0.15, 0.2) is 11.2 Å². The molecule has 1 aromatic heterocycles. The maximum absolute atomic E-state index is 4.17. The summed E-state index contributed by atoms with van der Waals surface area (Å²) in [6, 6.07) is 2.76. The highest BCUT2D eigenvalue weighted by atomic mass is 15.3. The number of nitrogens with zero attached hydrogens (tertiary/aromatic N) is 1. The van der Waals surface area contributed by atoms with Crippen molar-refractivity contribution in [1.82, 2.24) is 10.4 Å². The number of nitrogens with one attached hydrogen (secondary N) is 2. The largest absolute Gasteiger partial charge is 0.358 e. The van der Waals surface area contributed by atoms with Gasteiger partial charge in [-0.1, -0.05) is 0 Å². The molecule has 1 saturated carbocycles. The molecule has 0 saturated heterocycles. The van der Waals surface area contributed by atoms with E-state index in [-0.39, 0.29) is 0 Å². The second kappa shape index (κ2) is 3.24. The molecular formula is C10H15N3. The number of hydrazone groups is 1. The molecule has 0 aromatic carbocycles. The summed E-state index contributed by atoms with van der Waals surface area (Å²) in [5.41, 5.74) is 6.63. The van der Waals surface area contributed by atoms with Crippen LogP contribution in [-0.2, 0) is 0 Å². The molecule has 0 bridgehead atoms. The molecule has 1 aromatic rings. The molecule has 0 unspecified atom stereocenters. The summed E-state index contributed by atoms with van der Waals surface area (Å²) in [5, 5.41) is 4.17. The summed E-state index contributed by atoms with van der Waals surface area (Å²) in [6.07, 6.45) is 4.39. The predicted molar refractivity (Wildman–Crippen MR) is 54.0 cm³/mol. The molecule has 2 rings (SSSR count). The van der Waals surface area contributed by atoms with Gasteiger partial charge in [0.1, 0.15) is 0 Å². The zero-order valence-electron chi connectivity index (χ0n) is 8.09. The first-order valence-electron chi connectivity index (χ1n) is 4.70. The van der Waals surface area contributed by atoms with Gasteiger partial charge in [0.15, 0.2) is 0 Å². The van der Waals surface area contributed by atoms with Crippen LogP contribution >= 0.6 is 0 Å². The zero-order chi connectivity index (χ0) is 9.26. The van der Waals surface area contributed by atoms with Crippen LogP contribution in [0, 0.1) is 13.8 Å². The van der Waals surface area contributed by atoms with Crippen molar-refractivity contribution >= 4 is 6.21 Å². The van der Waals surface area contributed by atoms with Crippen LogP contribution < -0.4 is 5.43 Å². The lowest BCUT2D eigenvalue weighted by molar-refractivity contribution is 0.741. The zero-order valence-corrected chi connectivity index (χ0v) is 8.09. The Hall–Kier alpha value is -1.25. The van der Waals surface area contributed by atoms with E-state index >= 15 is 0 Å². The van der Waals surface area contributed by atoms with E-state index in [1.54, 1.807) is 0 Å². The van der Waals surface area contributed by atoms with Gasteiger partial charge in [-0.15, -0.1) is 0 Å². The van der Waals surface area contributed by atoms with E-state index in [1.807, 2.05) is 6.21 Å². The smallest absolute Gasteiger partial charge is 0.0705 e. The number of hydrogen-bond acceptors (Lipinski definition) is 2. The topological polar surface area (TPSA) is 40.2 Å². The van der Waals surface area contributed by atoms with E-state index in [4.69, 9.17) is 0 Å². The van der Waals surface area contributed by atoms with Crippen LogP contribution in [0.4, 0.5) is 0 Å². The normalized spacial score (nSPS) is 16.8. The molecule has 0 amide bonds. The number of H-pyrrole nitrogens is 1.